The van der Waals surface area contributed by atoms with Crippen molar-refractivity contribution in [3.8, 4) is 0 Å². The summed E-state index contributed by atoms with van der Waals surface area (Å²) in [4.78, 5) is 38.6. The first-order chi connectivity index (χ1) is 16.4. The van der Waals surface area contributed by atoms with E-state index in [0.29, 0.717) is 21.3 Å². The molecule has 4 rings (SSSR count). The lowest BCUT2D eigenvalue weighted by Crippen LogP contribution is -2.34. The minimum atomic E-state index is -0.552. The average Bonchev–Trinajstić information content (AvgIpc) is 3.59. The molecule has 0 amide bonds. The molecule has 0 aliphatic rings. The van der Waals surface area contributed by atoms with E-state index < -0.39 is 5.97 Å². The predicted molar refractivity (Wildman–Crippen MR) is 133 cm³/mol. The highest BCUT2D eigenvalue weighted by molar-refractivity contribution is 7.08. The number of carbonyl (C=O) groups excluding carboxylic acids is 2. The van der Waals surface area contributed by atoms with Crippen LogP contribution < -0.4 is 14.8 Å². The molecule has 9 heteroatoms. The third-order valence-electron chi connectivity index (χ3n) is 5.38. The van der Waals surface area contributed by atoms with Crippen LogP contribution in [0.1, 0.15) is 40.0 Å². The molecule has 176 valence electrons. The highest BCUT2D eigenvalue weighted by atomic mass is 32.1. The largest absolute Gasteiger partial charge is 0.467 e. The van der Waals surface area contributed by atoms with E-state index in [1.807, 2.05) is 53.4 Å². The number of esters is 1. The quantitative estimate of drug-likeness (QED) is 0.277. The van der Waals surface area contributed by atoms with Crippen LogP contribution in [0, 0.1) is 13.8 Å². The van der Waals surface area contributed by atoms with Crippen LogP contribution in [0.3, 0.4) is 0 Å². The molecule has 0 saturated carbocycles. The molecule has 0 atom stereocenters. The maximum atomic E-state index is 13.3. The fourth-order valence-corrected chi connectivity index (χ4v) is 5.35. The summed E-state index contributed by atoms with van der Waals surface area (Å²) < 4.78 is 14.6. The van der Waals surface area contributed by atoms with Gasteiger partial charge in [-0.1, -0.05) is 0 Å². The van der Waals surface area contributed by atoms with E-state index in [1.165, 1.54) is 22.0 Å². The van der Waals surface area contributed by atoms with Gasteiger partial charge in [-0.3, -0.25) is 14.2 Å². The highest BCUT2D eigenvalue weighted by Gasteiger charge is 2.19. The maximum absolute atomic E-state index is 13.3. The first kappa shape index (κ1) is 23.7. The van der Waals surface area contributed by atoms with E-state index in [-0.39, 0.29) is 24.5 Å². The minimum absolute atomic E-state index is 0.177. The third kappa shape index (κ3) is 5.05. The summed E-state index contributed by atoms with van der Waals surface area (Å²) in [6.45, 7) is 6.07. The zero-order valence-electron chi connectivity index (χ0n) is 19.1. The zero-order chi connectivity index (χ0) is 24.2. The van der Waals surface area contributed by atoms with Crippen molar-refractivity contribution in [1.82, 2.24) is 9.13 Å². The Bertz CT molecular complexity index is 1490. The van der Waals surface area contributed by atoms with Gasteiger partial charge in [0.15, 0.2) is 5.78 Å². The Morgan fingerprint density at radius 2 is 2.03 bits per heavy atom. The smallest absolute Gasteiger partial charge is 0.333 e. The maximum Gasteiger partial charge on any atom is 0.333 e. The minimum Gasteiger partial charge on any atom is -0.467 e. The molecule has 4 aromatic heterocycles. The molecule has 0 N–H and O–H groups in total. The monoisotopic (exact) mass is 496 g/mol. The van der Waals surface area contributed by atoms with Crippen LogP contribution in [0.25, 0.3) is 12.2 Å². The predicted octanol–water partition coefficient (Wildman–Crippen LogP) is 3.09. The van der Waals surface area contributed by atoms with Crippen molar-refractivity contribution in [2.75, 3.05) is 6.61 Å². The van der Waals surface area contributed by atoms with Crippen LogP contribution in [-0.4, -0.2) is 27.5 Å². The molecule has 34 heavy (non-hydrogen) atoms. The molecule has 0 spiro atoms. The fourth-order valence-electron chi connectivity index (χ4n) is 3.70. The molecule has 0 unspecified atom stereocenters. The first-order valence-electron chi connectivity index (χ1n) is 10.7. The van der Waals surface area contributed by atoms with Crippen molar-refractivity contribution < 1.29 is 18.7 Å². The lowest BCUT2D eigenvalue weighted by atomic mass is 10.1. The Morgan fingerprint density at radius 1 is 1.21 bits per heavy atom. The molecular weight excluding hydrogens is 472 g/mol. The number of hydrogen-bond donors (Lipinski definition) is 0. The lowest BCUT2D eigenvalue weighted by molar-refractivity contribution is -0.135. The number of ketones is 1. The number of Topliss-reactive ketones (excluding diaryl/α,β-unsaturated/α-hetero) is 1. The van der Waals surface area contributed by atoms with E-state index in [4.69, 9.17) is 9.15 Å². The summed E-state index contributed by atoms with van der Waals surface area (Å²) in [5, 5.41) is 3.85. The van der Waals surface area contributed by atoms with Crippen molar-refractivity contribution in [1.29, 1.82) is 0 Å². The summed E-state index contributed by atoms with van der Waals surface area (Å²) in [5.41, 5.74) is 2.82. The van der Waals surface area contributed by atoms with E-state index in [1.54, 1.807) is 19.3 Å². The standard InChI is InChI=1S/C25H24N2O5S2/c1-4-31-24(29)12-23-27(25(30)22(34-23)11-18-7-9-33-15-18)14-21(28)20-10-16(2)26(17(20)3)13-19-6-5-8-32-19/h5-12,15H,4,13-14H2,1-3H3. The molecule has 7 nitrogen and oxygen atoms in total. The molecule has 4 heterocycles. The fraction of sp³-hybridized carbons (Fsp3) is 0.240. The number of furan rings is 1. The van der Waals surface area contributed by atoms with Crippen molar-refractivity contribution in [2.45, 2.75) is 33.9 Å². The van der Waals surface area contributed by atoms with Gasteiger partial charge in [0.25, 0.3) is 5.56 Å². The first-order valence-corrected chi connectivity index (χ1v) is 12.5. The summed E-state index contributed by atoms with van der Waals surface area (Å²) in [5.74, 6) is 0.0257. The highest BCUT2D eigenvalue weighted by Crippen LogP contribution is 2.18. The number of carbonyl (C=O) groups is 2. The van der Waals surface area contributed by atoms with Gasteiger partial charge in [0.1, 0.15) is 10.4 Å². The average molecular weight is 497 g/mol. The van der Waals surface area contributed by atoms with Gasteiger partial charge in [-0.25, -0.2) is 4.79 Å². The number of hydrogen-bond acceptors (Lipinski definition) is 7. The van der Waals surface area contributed by atoms with E-state index >= 15 is 0 Å². The normalized spacial score (nSPS) is 12.4. The molecule has 0 aliphatic carbocycles. The number of ether oxygens (including phenoxy) is 1. The van der Waals surface area contributed by atoms with Gasteiger partial charge in [-0.05, 0) is 67.4 Å². The van der Waals surface area contributed by atoms with Crippen LogP contribution in [-0.2, 0) is 22.6 Å². The molecule has 4 aromatic rings. The van der Waals surface area contributed by atoms with Gasteiger partial charge >= 0.3 is 5.97 Å². The summed E-state index contributed by atoms with van der Waals surface area (Å²) in [7, 11) is 0. The number of thiazole rings is 1. The molecule has 0 bridgehead atoms. The van der Waals surface area contributed by atoms with Crippen molar-refractivity contribution in [2.24, 2.45) is 0 Å². The SMILES string of the molecule is CCOC(=O)C=c1sc(=Cc2ccsc2)c(=O)n1CC(=O)c1cc(C)n(Cc2ccco2)c1C. The van der Waals surface area contributed by atoms with Crippen LogP contribution in [0.15, 0.2) is 50.5 Å². The molecule has 0 fully saturated rings. The molecule has 0 radical (unpaired) electrons. The van der Waals surface area contributed by atoms with Gasteiger partial charge in [0.2, 0.25) is 0 Å². The zero-order valence-corrected chi connectivity index (χ0v) is 20.7. The van der Waals surface area contributed by atoms with Crippen LogP contribution >= 0.6 is 22.7 Å². The second-order valence-corrected chi connectivity index (χ2v) is 9.51. The summed E-state index contributed by atoms with van der Waals surface area (Å²) >= 11 is 2.69. The molecule has 0 aromatic carbocycles. The Hall–Kier alpha value is -3.43. The van der Waals surface area contributed by atoms with Gasteiger partial charge in [0, 0.05) is 17.0 Å². The Morgan fingerprint density at radius 3 is 2.71 bits per heavy atom. The second kappa shape index (κ2) is 10.2. The Balaban J connectivity index is 1.72. The van der Waals surface area contributed by atoms with E-state index in [0.717, 1.165) is 34.0 Å². The van der Waals surface area contributed by atoms with Gasteiger partial charge in [-0.2, -0.15) is 11.3 Å². The summed E-state index contributed by atoms with van der Waals surface area (Å²) in [6.07, 6.45) is 4.65. The van der Waals surface area contributed by atoms with Crippen LogP contribution in [0.4, 0.5) is 0 Å². The number of nitrogens with zero attached hydrogens (tertiary/aromatic N) is 2. The van der Waals surface area contributed by atoms with Crippen molar-refractivity contribution in [3.05, 3.63) is 89.1 Å². The summed E-state index contributed by atoms with van der Waals surface area (Å²) in [6, 6.07) is 7.44. The van der Waals surface area contributed by atoms with Gasteiger partial charge in [0.05, 0.1) is 36.6 Å². The number of thiophene rings is 1. The van der Waals surface area contributed by atoms with E-state index in [2.05, 4.69) is 0 Å². The van der Waals surface area contributed by atoms with E-state index in [9.17, 15) is 14.4 Å². The third-order valence-corrected chi connectivity index (χ3v) is 7.14. The van der Waals surface area contributed by atoms with Gasteiger partial charge < -0.3 is 13.7 Å². The Kier molecular flexibility index (Phi) is 7.14. The molecular formula is C25H24N2O5S2. The van der Waals surface area contributed by atoms with Crippen LogP contribution in [0.2, 0.25) is 0 Å². The number of aromatic nitrogens is 2. The van der Waals surface area contributed by atoms with Crippen molar-refractivity contribution in [3.63, 3.8) is 0 Å². The lowest BCUT2D eigenvalue weighted by Gasteiger charge is -2.08. The van der Waals surface area contributed by atoms with Crippen LogP contribution in [0.5, 0.6) is 0 Å². The number of rotatable bonds is 8. The Labute approximate surface area is 203 Å². The van der Waals surface area contributed by atoms with Crippen molar-refractivity contribution >= 4 is 46.6 Å². The molecule has 0 aliphatic heterocycles. The molecule has 0 saturated heterocycles. The van der Waals surface area contributed by atoms with Gasteiger partial charge in [-0.15, -0.1) is 11.3 Å². The number of aryl methyl sites for hydroxylation is 1. The second-order valence-electron chi connectivity index (χ2n) is 7.67. The topological polar surface area (TPSA) is 83.4 Å².